The molecular formula is C12H15N3O3. The molecule has 1 aromatic carbocycles. The van der Waals surface area contributed by atoms with Gasteiger partial charge in [-0.3, -0.25) is 14.9 Å². The number of nitrogens with zero attached hydrogens (tertiary/aromatic N) is 1. The van der Waals surface area contributed by atoms with E-state index < -0.39 is 10.8 Å². The predicted octanol–water partition coefficient (Wildman–Crippen LogP) is 1.91. The number of primary amides is 1. The number of carbonyl (C=O) groups is 1. The van der Waals surface area contributed by atoms with E-state index in [0.717, 1.165) is 12.3 Å². The van der Waals surface area contributed by atoms with Crippen LogP contribution in [0, 0.1) is 16.0 Å². The molecule has 1 aromatic rings. The van der Waals surface area contributed by atoms with E-state index in [4.69, 9.17) is 5.73 Å². The van der Waals surface area contributed by atoms with Gasteiger partial charge in [-0.2, -0.15) is 0 Å². The van der Waals surface area contributed by atoms with Crippen LogP contribution in [-0.2, 0) is 0 Å². The molecule has 6 nitrogen and oxygen atoms in total. The summed E-state index contributed by atoms with van der Waals surface area (Å²) >= 11 is 0. The number of hydrogen-bond donors (Lipinski definition) is 2. The van der Waals surface area contributed by atoms with Gasteiger partial charge >= 0.3 is 0 Å². The van der Waals surface area contributed by atoms with Gasteiger partial charge in [0.2, 0.25) is 5.91 Å². The van der Waals surface area contributed by atoms with E-state index in [-0.39, 0.29) is 11.3 Å². The van der Waals surface area contributed by atoms with E-state index in [9.17, 15) is 14.9 Å². The zero-order valence-electron chi connectivity index (χ0n) is 9.89. The largest absolute Gasteiger partial charge is 0.379 e. The third-order valence-corrected chi connectivity index (χ3v) is 3.04. The summed E-state index contributed by atoms with van der Waals surface area (Å²) in [5.41, 5.74) is 5.76. The van der Waals surface area contributed by atoms with E-state index in [1.807, 2.05) is 0 Å². The second-order valence-electron chi connectivity index (χ2n) is 4.51. The highest BCUT2D eigenvalue weighted by Gasteiger charge is 2.21. The van der Waals surface area contributed by atoms with Gasteiger partial charge in [-0.15, -0.1) is 0 Å². The molecule has 0 aliphatic heterocycles. The number of rotatable bonds is 6. The first kappa shape index (κ1) is 12.3. The Morgan fingerprint density at radius 3 is 2.78 bits per heavy atom. The third-order valence-electron chi connectivity index (χ3n) is 3.04. The molecule has 1 aliphatic carbocycles. The topological polar surface area (TPSA) is 98.3 Å². The molecule has 0 saturated heterocycles. The summed E-state index contributed by atoms with van der Waals surface area (Å²) in [7, 11) is 0. The average molecular weight is 249 g/mol. The Morgan fingerprint density at radius 2 is 2.22 bits per heavy atom. The van der Waals surface area contributed by atoms with E-state index in [1.54, 1.807) is 0 Å². The maximum Gasteiger partial charge on any atom is 0.292 e. The Hall–Kier alpha value is -2.11. The highest BCUT2D eigenvalue weighted by molar-refractivity contribution is 5.94. The van der Waals surface area contributed by atoms with Gasteiger partial charge in [-0.25, -0.2) is 0 Å². The number of carbonyl (C=O) groups excluding carboxylic acids is 1. The van der Waals surface area contributed by atoms with Gasteiger partial charge in [0.25, 0.3) is 5.69 Å². The molecule has 0 aromatic heterocycles. The Bertz CT molecular complexity index is 483. The predicted molar refractivity (Wildman–Crippen MR) is 67.4 cm³/mol. The molecule has 1 saturated carbocycles. The molecule has 3 N–H and O–H groups in total. The van der Waals surface area contributed by atoms with E-state index in [1.165, 1.54) is 31.0 Å². The number of hydrogen-bond acceptors (Lipinski definition) is 4. The van der Waals surface area contributed by atoms with Crippen LogP contribution in [0.4, 0.5) is 11.4 Å². The van der Waals surface area contributed by atoms with Crippen LogP contribution >= 0.6 is 0 Å². The molecule has 1 aliphatic rings. The summed E-state index contributed by atoms with van der Waals surface area (Å²) in [6, 6.07) is 4.11. The minimum Gasteiger partial charge on any atom is -0.379 e. The van der Waals surface area contributed by atoms with Crippen LogP contribution in [0.1, 0.15) is 29.6 Å². The van der Waals surface area contributed by atoms with Crippen molar-refractivity contribution in [1.82, 2.24) is 0 Å². The number of nitrogens with one attached hydrogen (secondary N) is 1. The lowest BCUT2D eigenvalue weighted by atomic mass is 10.1. The van der Waals surface area contributed by atoms with Crippen molar-refractivity contribution < 1.29 is 9.72 Å². The lowest BCUT2D eigenvalue weighted by Gasteiger charge is -2.07. The molecule has 0 spiro atoms. The zero-order valence-corrected chi connectivity index (χ0v) is 9.89. The van der Waals surface area contributed by atoms with Crippen LogP contribution in [0.25, 0.3) is 0 Å². The summed E-state index contributed by atoms with van der Waals surface area (Å²) in [6.07, 6.45) is 3.48. The second kappa shape index (κ2) is 5.03. The Kier molecular flexibility index (Phi) is 3.45. The number of anilines is 1. The SMILES string of the molecule is NC(=O)c1ccc([N+](=O)[O-])c(NCCC2CC2)c1. The van der Waals surface area contributed by atoms with Crippen molar-refractivity contribution in [2.45, 2.75) is 19.3 Å². The van der Waals surface area contributed by atoms with Gasteiger partial charge in [0.05, 0.1) is 4.92 Å². The summed E-state index contributed by atoms with van der Waals surface area (Å²) in [4.78, 5) is 21.4. The quantitative estimate of drug-likeness (QED) is 0.594. The minimum absolute atomic E-state index is 0.0317. The van der Waals surface area contributed by atoms with Crippen LogP contribution < -0.4 is 11.1 Å². The number of benzene rings is 1. The zero-order chi connectivity index (χ0) is 13.1. The van der Waals surface area contributed by atoms with E-state index in [2.05, 4.69) is 5.32 Å². The van der Waals surface area contributed by atoms with Gasteiger partial charge in [-0.05, 0) is 24.5 Å². The Labute approximate surface area is 104 Å². The summed E-state index contributed by atoms with van der Waals surface area (Å²) < 4.78 is 0. The van der Waals surface area contributed by atoms with Gasteiger partial charge < -0.3 is 11.1 Å². The van der Waals surface area contributed by atoms with Crippen LogP contribution in [0.2, 0.25) is 0 Å². The molecule has 0 heterocycles. The molecule has 0 atom stereocenters. The number of nitrogens with two attached hydrogens (primary N) is 1. The summed E-state index contributed by atoms with van der Waals surface area (Å²) in [6.45, 7) is 0.674. The maximum atomic E-state index is 11.1. The van der Waals surface area contributed by atoms with Crippen LogP contribution in [0.3, 0.4) is 0 Å². The van der Waals surface area contributed by atoms with Crippen molar-refractivity contribution >= 4 is 17.3 Å². The van der Waals surface area contributed by atoms with Crippen LogP contribution in [0.15, 0.2) is 18.2 Å². The van der Waals surface area contributed by atoms with Crippen molar-refractivity contribution in [3.05, 3.63) is 33.9 Å². The van der Waals surface area contributed by atoms with Crippen LogP contribution in [-0.4, -0.2) is 17.4 Å². The first-order chi connectivity index (χ1) is 8.58. The standard InChI is InChI=1S/C12H15N3O3/c13-12(16)9-3-4-11(15(17)18)10(7-9)14-6-5-8-1-2-8/h3-4,7-8,14H,1-2,5-6H2,(H2,13,16). The highest BCUT2D eigenvalue weighted by Crippen LogP contribution is 2.32. The van der Waals surface area contributed by atoms with Crippen molar-refractivity contribution in [2.75, 3.05) is 11.9 Å². The minimum atomic E-state index is -0.588. The van der Waals surface area contributed by atoms with Gasteiger partial charge in [0.15, 0.2) is 0 Å². The molecular weight excluding hydrogens is 234 g/mol. The van der Waals surface area contributed by atoms with Gasteiger partial charge in [0, 0.05) is 18.2 Å². The molecule has 0 bridgehead atoms. The average Bonchev–Trinajstić information content (AvgIpc) is 3.12. The van der Waals surface area contributed by atoms with Gasteiger partial charge in [-0.1, -0.05) is 12.8 Å². The Morgan fingerprint density at radius 1 is 1.50 bits per heavy atom. The monoisotopic (exact) mass is 249 g/mol. The fourth-order valence-electron chi connectivity index (χ4n) is 1.81. The second-order valence-corrected chi connectivity index (χ2v) is 4.51. The fourth-order valence-corrected chi connectivity index (χ4v) is 1.81. The van der Waals surface area contributed by atoms with Crippen molar-refractivity contribution in [1.29, 1.82) is 0 Å². The van der Waals surface area contributed by atoms with E-state index >= 15 is 0 Å². The first-order valence-electron chi connectivity index (χ1n) is 5.90. The van der Waals surface area contributed by atoms with Crippen LogP contribution in [0.5, 0.6) is 0 Å². The molecule has 96 valence electrons. The maximum absolute atomic E-state index is 11.1. The highest BCUT2D eigenvalue weighted by atomic mass is 16.6. The van der Waals surface area contributed by atoms with Crippen molar-refractivity contribution in [3.8, 4) is 0 Å². The first-order valence-corrected chi connectivity index (χ1v) is 5.90. The summed E-state index contributed by atoms with van der Waals surface area (Å²) in [5, 5.41) is 13.9. The molecule has 0 radical (unpaired) electrons. The number of amides is 1. The Balaban J connectivity index is 2.13. The lowest BCUT2D eigenvalue weighted by Crippen LogP contribution is -2.12. The number of nitro benzene ring substituents is 1. The normalized spacial score (nSPS) is 14.2. The molecule has 18 heavy (non-hydrogen) atoms. The van der Waals surface area contributed by atoms with Crippen molar-refractivity contribution in [2.24, 2.45) is 11.7 Å². The lowest BCUT2D eigenvalue weighted by molar-refractivity contribution is -0.384. The molecule has 0 unspecified atom stereocenters. The van der Waals surface area contributed by atoms with E-state index in [0.29, 0.717) is 12.2 Å². The molecule has 1 amide bonds. The fraction of sp³-hybridized carbons (Fsp3) is 0.417. The van der Waals surface area contributed by atoms with Crippen molar-refractivity contribution in [3.63, 3.8) is 0 Å². The number of nitro groups is 1. The molecule has 2 rings (SSSR count). The summed E-state index contributed by atoms with van der Waals surface area (Å²) in [5.74, 6) is 0.158. The molecule has 1 fully saturated rings. The third kappa shape index (κ3) is 2.97. The van der Waals surface area contributed by atoms with Gasteiger partial charge in [0.1, 0.15) is 5.69 Å². The molecule has 6 heteroatoms. The smallest absolute Gasteiger partial charge is 0.292 e.